The number of likely N-dealkylation sites (N-methyl/N-ethyl adjacent to an activating group) is 1. The molecule has 0 radical (unpaired) electrons. The van der Waals surface area contributed by atoms with Crippen LogP contribution in [-0.4, -0.2) is 22.9 Å². The molecule has 4 rings (SSSR count). The predicted molar refractivity (Wildman–Crippen MR) is 143 cm³/mol. The Balaban J connectivity index is 0.000000826. The number of amides is 1. The van der Waals surface area contributed by atoms with Crippen molar-refractivity contribution in [2.45, 2.75) is 47.5 Å². The average molecular weight is 670 g/mol. The second-order valence-corrected chi connectivity index (χ2v) is 17.0. The van der Waals surface area contributed by atoms with Crippen LogP contribution in [0.5, 0.6) is 0 Å². The molecule has 0 fully saturated rings. The van der Waals surface area contributed by atoms with Crippen molar-refractivity contribution in [2.24, 2.45) is 0 Å². The molecular weight excluding hydrogens is 639 g/mol. The molecule has 1 amide bonds. The van der Waals surface area contributed by atoms with Gasteiger partial charge in [0.1, 0.15) is 12.2 Å². The summed E-state index contributed by atoms with van der Waals surface area (Å²) in [7, 11) is 2.44. The van der Waals surface area contributed by atoms with Gasteiger partial charge in [0.05, 0.1) is 11.2 Å². The summed E-state index contributed by atoms with van der Waals surface area (Å²) < 4.78 is 0. The van der Waals surface area contributed by atoms with Crippen LogP contribution in [0.4, 0.5) is 5.69 Å². The van der Waals surface area contributed by atoms with Gasteiger partial charge in [-0.25, -0.2) is 9.97 Å². The summed E-state index contributed by atoms with van der Waals surface area (Å²) in [6.07, 6.45) is 1.53. The van der Waals surface area contributed by atoms with Crippen LogP contribution in [0.2, 0.25) is 0 Å². The average Bonchev–Trinajstić information content (AvgIpc) is 3.08. The van der Waals surface area contributed by atoms with Crippen molar-refractivity contribution in [1.82, 2.24) is 9.97 Å². The van der Waals surface area contributed by atoms with E-state index in [-0.39, 0.29) is 11.8 Å². The molecule has 2 heterocycles. The van der Waals surface area contributed by atoms with Crippen molar-refractivity contribution in [3.8, 4) is 0 Å². The number of fused-ring (bicyclic) bond motifs is 2. The molecule has 0 spiro atoms. The van der Waals surface area contributed by atoms with E-state index in [0.717, 1.165) is 27.8 Å². The number of hydrogen-bond donors (Lipinski definition) is 0. The number of carbonyl (C=O) groups excluding carboxylic acids is 1. The molecule has 1 aromatic heterocycles. The Morgan fingerprint density at radius 1 is 0.867 bits per heavy atom. The van der Waals surface area contributed by atoms with Crippen LogP contribution in [0, 0.1) is 0 Å². The predicted octanol–water partition coefficient (Wildman–Crippen LogP) is 7.59. The van der Waals surface area contributed by atoms with Gasteiger partial charge in [0.2, 0.25) is 5.91 Å². The molecular formula is C23H31I2N3OV. The Hall–Kier alpha value is -0.706. The Bertz CT molecular complexity index is 888. The summed E-state index contributed by atoms with van der Waals surface area (Å²) in [5.74, 6) is -0.292. The second-order valence-electron chi connectivity index (χ2n) is 5.23. The van der Waals surface area contributed by atoms with E-state index < -0.39 is 0 Å². The van der Waals surface area contributed by atoms with Gasteiger partial charge in [-0.3, -0.25) is 4.79 Å². The first-order valence-electron chi connectivity index (χ1n) is 10.2. The zero-order chi connectivity index (χ0) is 23.1. The van der Waals surface area contributed by atoms with Gasteiger partial charge in [-0.15, -0.1) is 0 Å². The zero-order valence-corrected chi connectivity index (χ0v) is 24.4. The van der Waals surface area contributed by atoms with E-state index in [4.69, 9.17) is 0 Å². The summed E-state index contributed by atoms with van der Waals surface area (Å²) in [6.45, 7) is 12.0. The van der Waals surface area contributed by atoms with Gasteiger partial charge in [-0.05, 0) is 17.7 Å². The molecule has 0 aliphatic carbocycles. The molecule has 0 saturated heterocycles. The van der Waals surface area contributed by atoms with Gasteiger partial charge in [0, 0.05) is 18.1 Å². The summed E-state index contributed by atoms with van der Waals surface area (Å²) >= 11 is 4.74. The SMILES string of the molecule is CC.CC.CC.CN1C(=O)C(c2ncnc3ccccc23)c2ccccc21.[I][V][I]. The van der Waals surface area contributed by atoms with E-state index in [1.165, 1.54) is 6.33 Å². The molecule has 1 atom stereocenters. The third-order valence-corrected chi connectivity index (χ3v) is 4.03. The fourth-order valence-corrected chi connectivity index (χ4v) is 3.00. The van der Waals surface area contributed by atoms with Crippen LogP contribution in [0.3, 0.4) is 0 Å². The quantitative estimate of drug-likeness (QED) is 0.251. The summed E-state index contributed by atoms with van der Waals surface area (Å²) in [5, 5.41) is 0.934. The third-order valence-electron chi connectivity index (χ3n) is 4.03. The van der Waals surface area contributed by atoms with Crippen molar-refractivity contribution < 1.29 is 14.3 Å². The van der Waals surface area contributed by atoms with Gasteiger partial charge in [0.15, 0.2) is 0 Å². The third kappa shape index (κ3) is 7.17. The number of anilines is 1. The molecule has 1 aliphatic heterocycles. The van der Waals surface area contributed by atoms with Gasteiger partial charge in [0.25, 0.3) is 0 Å². The maximum atomic E-state index is 12.7. The van der Waals surface area contributed by atoms with Crippen LogP contribution in [-0.2, 0) is 14.3 Å². The number of nitrogens with zero attached hydrogens (tertiary/aromatic N) is 3. The molecule has 30 heavy (non-hydrogen) atoms. The Kier molecular flexibility index (Phi) is 16.5. The summed E-state index contributed by atoms with van der Waals surface area (Å²) in [6, 6.07) is 15.7. The van der Waals surface area contributed by atoms with E-state index >= 15 is 0 Å². The number of carbonyl (C=O) groups is 1. The first kappa shape index (κ1) is 29.3. The van der Waals surface area contributed by atoms with Gasteiger partial charge < -0.3 is 4.90 Å². The van der Waals surface area contributed by atoms with E-state index in [0.29, 0.717) is 9.47 Å². The topological polar surface area (TPSA) is 46.1 Å². The molecule has 7 heteroatoms. The van der Waals surface area contributed by atoms with Crippen LogP contribution in [0.25, 0.3) is 10.9 Å². The normalized spacial score (nSPS) is 13.2. The van der Waals surface area contributed by atoms with E-state index in [9.17, 15) is 4.79 Å². The van der Waals surface area contributed by atoms with Gasteiger partial charge in [-0.1, -0.05) is 77.9 Å². The van der Waals surface area contributed by atoms with Crippen molar-refractivity contribution in [2.75, 3.05) is 11.9 Å². The van der Waals surface area contributed by atoms with Gasteiger partial charge in [-0.2, -0.15) is 0 Å². The van der Waals surface area contributed by atoms with Crippen LogP contribution < -0.4 is 4.90 Å². The molecule has 1 aliphatic rings. The first-order chi connectivity index (χ1) is 14.7. The Morgan fingerprint density at radius 3 is 2.03 bits per heavy atom. The van der Waals surface area contributed by atoms with E-state index in [1.54, 1.807) is 4.90 Å². The van der Waals surface area contributed by atoms with Crippen LogP contribution in [0.1, 0.15) is 58.7 Å². The fraction of sp³-hybridized carbons (Fsp3) is 0.348. The van der Waals surface area contributed by atoms with Gasteiger partial charge >= 0.3 is 49.4 Å². The molecule has 0 bridgehead atoms. The molecule has 3 aromatic rings. The molecule has 0 saturated carbocycles. The molecule has 1 unspecified atom stereocenters. The summed E-state index contributed by atoms with van der Waals surface area (Å²) in [4.78, 5) is 23.1. The standard InChI is InChI=1S/C17H13N3O.3C2H6.2HI.V/c1-20-14-9-5-3-7-12(14)15(17(20)21)16-11-6-2-4-8-13(11)18-10-19-16;3*1-2;;;/h2-10,15H,1H3;3*1-2H3;2*1H;/q;;;;;;+2/p-2. The van der Waals surface area contributed by atoms with Crippen LogP contribution >= 0.6 is 40.0 Å². The minimum absolute atomic E-state index is 0.0556. The van der Waals surface area contributed by atoms with Crippen LogP contribution in [0.15, 0.2) is 54.9 Å². The first-order valence-corrected chi connectivity index (χ1v) is 19.2. The number of halogens is 2. The molecule has 4 nitrogen and oxygen atoms in total. The summed E-state index contributed by atoms with van der Waals surface area (Å²) in [5.41, 5.74) is 3.61. The number of benzene rings is 2. The number of rotatable bonds is 1. The monoisotopic (exact) mass is 670 g/mol. The molecule has 2 aromatic carbocycles. The fourth-order valence-electron chi connectivity index (χ4n) is 3.00. The second kappa shape index (κ2) is 16.9. The van der Waals surface area contributed by atoms with E-state index in [1.807, 2.05) is 97.1 Å². The minimum atomic E-state index is -0.348. The zero-order valence-electron chi connectivity index (χ0n) is 18.7. The number of aromatic nitrogens is 2. The number of para-hydroxylation sites is 2. The van der Waals surface area contributed by atoms with Crippen molar-refractivity contribution in [3.63, 3.8) is 0 Å². The van der Waals surface area contributed by atoms with Crippen molar-refractivity contribution >= 4 is 62.5 Å². The van der Waals surface area contributed by atoms with E-state index in [2.05, 4.69) is 49.9 Å². The molecule has 0 N–H and O–H groups in total. The van der Waals surface area contributed by atoms with Crippen molar-refractivity contribution in [3.05, 3.63) is 66.1 Å². The Labute approximate surface area is 210 Å². The molecule has 163 valence electrons. The number of hydrogen-bond acceptors (Lipinski definition) is 3. The Morgan fingerprint density at radius 2 is 1.40 bits per heavy atom. The maximum absolute atomic E-state index is 12.7. The van der Waals surface area contributed by atoms with Crippen molar-refractivity contribution in [1.29, 1.82) is 0 Å².